The molecular weight excluding hydrogens is 196 g/mol. The van der Waals surface area contributed by atoms with Crippen molar-refractivity contribution in [3.8, 4) is 0 Å². The largest absolute Gasteiger partial charge is 0.320 e. The molecule has 1 fully saturated rings. The van der Waals surface area contributed by atoms with E-state index in [0.29, 0.717) is 0 Å². The van der Waals surface area contributed by atoms with Crippen LogP contribution in [0.2, 0.25) is 0 Å². The second-order valence-corrected chi connectivity index (χ2v) is 5.11. The second kappa shape index (κ2) is 9.00. The van der Waals surface area contributed by atoms with E-state index in [-0.39, 0.29) is 0 Å². The summed E-state index contributed by atoms with van der Waals surface area (Å²) in [5, 5.41) is 3.22. The molecule has 0 aromatic heterocycles. The molecule has 0 amide bonds. The van der Waals surface area contributed by atoms with Crippen molar-refractivity contribution in [3.63, 3.8) is 0 Å². The maximum atomic E-state index is 3.22. The van der Waals surface area contributed by atoms with E-state index in [1.54, 1.807) is 0 Å². The summed E-state index contributed by atoms with van der Waals surface area (Å²) >= 11 is 0. The maximum Gasteiger partial charge on any atom is 0.00926 e. The van der Waals surface area contributed by atoms with Crippen molar-refractivity contribution < 1.29 is 0 Å². The van der Waals surface area contributed by atoms with Crippen LogP contribution < -0.4 is 5.32 Å². The third-order valence-corrected chi connectivity index (χ3v) is 3.84. The normalized spacial score (nSPS) is 23.2. The maximum absolute atomic E-state index is 3.22. The van der Waals surface area contributed by atoms with Gasteiger partial charge in [-0.15, -0.1) is 0 Å². The van der Waals surface area contributed by atoms with Gasteiger partial charge in [0.05, 0.1) is 0 Å². The van der Waals surface area contributed by atoms with E-state index < -0.39 is 0 Å². The number of likely N-dealkylation sites (tertiary alicyclic amines) is 1. The number of hydrogen-bond donors (Lipinski definition) is 1. The van der Waals surface area contributed by atoms with Gasteiger partial charge in [-0.3, -0.25) is 0 Å². The molecule has 1 unspecified atom stereocenters. The van der Waals surface area contributed by atoms with Gasteiger partial charge in [-0.2, -0.15) is 0 Å². The number of nitrogens with one attached hydrogen (secondary N) is 1. The van der Waals surface area contributed by atoms with Crippen LogP contribution in [0.1, 0.15) is 58.3 Å². The number of nitrogens with zero attached hydrogens (tertiary/aromatic N) is 1. The molecule has 1 aliphatic rings. The molecule has 1 aliphatic heterocycles. The van der Waals surface area contributed by atoms with E-state index >= 15 is 0 Å². The molecule has 2 nitrogen and oxygen atoms in total. The van der Waals surface area contributed by atoms with Crippen LogP contribution in [-0.2, 0) is 0 Å². The Balaban J connectivity index is 2.15. The molecule has 0 aromatic rings. The van der Waals surface area contributed by atoms with Crippen molar-refractivity contribution in [1.82, 2.24) is 10.2 Å². The fourth-order valence-corrected chi connectivity index (χ4v) is 2.79. The quantitative estimate of drug-likeness (QED) is 0.671. The van der Waals surface area contributed by atoms with E-state index in [1.807, 2.05) is 7.05 Å². The van der Waals surface area contributed by atoms with Crippen molar-refractivity contribution in [3.05, 3.63) is 0 Å². The summed E-state index contributed by atoms with van der Waals surface area (Å²) in [5.74, 6) is 0. The van der Waals surface area contributed by atoms with Gasteiger partial charge in [0.2, 0.25) is 0 Å². The topological polar surface area (TPSA) is 15.3 Å². The highest BCUT2D eigenvalue weighted by atomic mass is 15.1. The lowest BCUT2D eigenvalue weighted by Crippen LogP contribution is -2.35. The summed E-state index contributed by atoms with van der Waals surface area (Å²) in [7, 11) is 2.04. The number of hydrogen-bond acceptors (Lipinski definition) is 2. The zero-order chi connectivity index (χ0) is 11.6. The van der Waals surface area contributed by atoms with E-state index in [4.69, 9.17) is 0 Å². The van der Waals surface area contributed by atoms with Crippen LogP contribution in [0.15, 0.2) is 0 Å². The summed E-state index contributed by atoms with van der Waals surface area (Å²) < 4.78 is 0. The molecule has 2 heteroatoms. The average Bonchev–Trinajstić information content (AvgIpc) is 2.53. The smallest absolute Gasteiger partial charge is 0.00926 e. The zero-order valence-electron chi connectivity index (χ0n) is 11.3. The van der Waals surface area contributed by atoms with Gasteiger partial charge in [0.1, 0.15) is 0 Å². The Hall–Kier alpha value is -0.0800. The average molecular weight is 226 g/mol. The standard InChI is InChI=1S/C14H30N2/c1-3-14-10-6-4-8-12-16(14)13-9-5-7-11-15-2/h14-15H,3-13H2,1-2H3. The number of unbranched alkanes of at least 4 members (excludes halogenated alkanes) is 2. The van der Waals surface area contributed by atoms with Gasteiger partial charge in [-0.05, 0) is 58.8 Å². The summed E-state index contributed by atoms with van der Waals surface area (Å²) in [5.41, 5.74) is 0. The Kier molecular flexibility index (Phi) is 7.87. The Morgan fingerprint density at radius 2 is 2.00 bits per heavy atom. The van der Waals surface area contributed by atoms with Crippen LogP contribution in [0.25, 0.3) is 0 Å². The third kappa shape index (κ3) is 5.31. The van der Waals surface area contributed by atoms with Crippen molar-refractivity contribution in [2.45, 2.75) is 64.3 Å². The van der Waals surface area contributed by atoms with Gasteiger partial charge >= 0.3 is 0 Å². The Morgan fingerprint density at radius 3 is 2.75 bits per heavy atom. The lowest BCUT2D eigenvalue weighted by atomic mass is 10.1. The minimum atomic E-state index is 0.881. The lowest BCUT2D eigenvalue weighted by Gasteiger charge is -2.29. The number of rotatable bonds is 7. The van der Waals surface area contributed by atoms with E-state index in [1.165, 1.54) is 71.0 Å². The first-order valence-corrected chi connectivity index (χ1v) is 7.27. The Labute approximate surface area is 102 Å². The molecule has 1 heterocycles. The molecule has 0 bridgehead atoms. The monoisotopic (exact) mass is 226 g/mol. The molecule has 0 spiro atoms. The van der Waals surface area contributed by atoms with Crippen molar-refractivity contribution >= 4 is 0 Å². The Morgan fingerprint density at radius 1 is 1.12 bits per heavy atom. The van der Waals surface area contributed by atoms with Gasteiger partial charge < -0.3 is 10.2 Å². The predicted molar refractivity (Wildman–Crippen MR) is 71.9 cm³/mol. The highest BCUT2D eigenvalue weighted by molar-refractivity contribution is 4.74. The summed E-state index contributed by atoms with van der Waals surface area (Å²) in [6, 6.07) is 0.881. The van der Waals surface area contributed by atoms with Gasteiger partial charge in [0.25, 0.3) is 0 Å². The highest BCUT2D eigenvalue weighted by Gasteiger charge is 2.18. The van der Waals surface area contributed by atoms with Crippen molar-refractivity contribution in [1.29, 1.82) is 0 Å². The first-order valence-electron chi connectivity index (χ1n) is 7.27. The van der Waals surface area contributed by atoms with Crippen LogP contribution in [0.3, 0.4) is 0 Å². The molecule has 96 valence electrons. The van der Waals surface area contributed by atoms with Crippen LogP contribution in [0, 0.1) is 0 Å². The lowest BCUT2D eigenvalue weighted by molar-refractivity contribution is 0.190. The van der Waals surface area contributed by atoms with Crippen LogP contribution in [0.5, 0.6) is 0 Å². The highest BCUT2D eigenvalue weighted by Crippen LogP contribution is 2.19. The SMILES string of the molecule is CCC1CCCCCN1CCCCCNC. The minimum absolute atomic E-state index is 0.881. The van der Waals surface area contributed by atoms with Gasteiger partial charge in [0, 0.05) is 6.04 Å². The predicted octanol–water partition coefficient (Wildman–Crippen LogP) is 3.03. The molecule has 1 N–H and O–H groups in total. The minimum Gasteiger partial charge on any atom is -0.320 e. The molecule has 1 rings (SSSR count). The van der Waals surface area contributed by atoms with Crippen molar-refractivity contribution in [2.75, 3.05) is 26.7 Å². The van der Waals surface area contributed by atoms with Crippen molar-refractivity contribution in [2.24, 2.45) is 0 Å². The van der Waals surface area contributed by atoms with E-state index in [0.717, 1.165) is 6.04 Å². The Bertz CT molecular complexity index is 159. The van der Waals surface area contributed by atoms with Crippen LogP contribution in [0.4, 0.5) is 0 Å². The fourth-order valence-electron chi connectivity index (χ4n) is 2.79. The van der Waals surface area contributed by atoms with Gasteiger partial charge in [-0.1, -0.05) is 26.2 Å². The summed E-state index contributed by atoms with van der Waals surface area (Å²) in [4.78, 5) is 2.76. The third-order valence-electron chi connectivity index (χ3n) is 3.84. The van der Waals surface area contributed by atoms with E-state index in [9.17, 15) is 0 Å². The summed E-state index contributed by atoms with van der Waals surface area (Å²) in [6.07, 6.45) is 11.2. The molecule has 1 atom stereocenters. The van der Waals surface area contributed by atoms with Crippen LogP contribution in [-0.4, -0.2) is 37.6 Å². The first kappa shape index (κ1) is 14.0. The molecular formula is C14H30N2. The molecule has 0 aromatic carbocycles. The van der Waals surface area contributed by atoms with Gasteiger partial charge in [0.15, 0.2) is 0 Å². The second-order valence-electron chi connectivity index (χ2n) is 5.11. The molecule has 1 saturated heterocycles. The zero-order valence-corrected chi connectivity index (χ0v) is 11.3. The summed E-state index contributed by atoms with van der Waals surface area (Å²) in [6.45, 7) is 6.22. The van der Waals surface area contributed by atoms with Crippen LogP contribution >= 0.6 is 0 Å². The molecule has 0 saturated carbocycles. The van der Waals surface area contributed by atoms with Gasteiger partial charge in [-0.25, -0.2) is 0 Å². The fraction of sp³-hybridized carbons (Fsp3) is 1.00. The molecule has 0 radical (unpaired) electrons. The first-order chi connectivity index (χ1) is 7.88. The molecule has 0 aliphatic carbocycles. The van der Waals surface area contributed by atoms with E-state index in [2.05, 4.69) is 17.1 Å². The molecule has 16 heavy (non-hydrogen) atoms.